The van der Waals surface area contributed by atoms with Crippen LogP contribution >= 0.6 is 24.2 Å². The number of pyridine rings is 1. The summed E-state index contributed by atoms with van der Waals surface area (Å²) in [6.45, 7) is 2.64. The molecule has 0 saturated carbocycles. The predicted molar refractivity (Wildman–Crippen MR) is 105 cm³/mol. The number of rotatable bonds is 4. The fourth-order valence-corrected chi connectivity index (χ4v) is 4.16. The largest absolute Gasteiger partial charge is 0.350 e. The third kappa shape index (κ3) is 3.94. The van der Waals surface area contributed by atoms with Gasteiger partial charge < -0.3 is 20.5 Å². The minimum atomic E-state index is 0. The van der Waals surface area contributed by atoms with Crippen LogP contribution in [0.2, 0.25) is 0 Å². The van der Waals surface area contributed by atoms with Crippen molar-refractivity contribution in [3.05, 3.63) is 35.6 Å². The van der Waals surface area contributed by atoms with Gasteiger partial charge in [0, 0.05) is 48.9 Å². The molecule has 8 heteroatoms. The Balaban J connectivity index is 0.00000182. The summed E-state index contributed by atoms with van der Waals surface area (Å²) in [5, 5.41) is 7.55. The third-order valence-electron chi connectivity index (χ3n) is 4.50. The maximum absolute atomic E-state index is 12.5. The molecule has 4 rings (SSSR count). The molecule has 2 aliphatic heterocycles. The van der Waals surface area contributed by atoms with Crippen LogP contribution in [0.25, 0.3) is 11.0 Å². The first kappa shape index (κ1) is 18.1. The van der Waals surface area contributed by atoms with Crippen molar-refractivity contribution in [2.75, 3.05) is 30.3 Å². The lowest BCUT2D eigenvalue weighted by molar-refractivity contribution is -0.116. The number of aromatic nitrogens is 2. The van der Waals surface area contributed by atoms with Gasteiger partial charge in [-0.15, -0.1) is 24.2 Å². The summed E-state index contributed by atoms with van der Waals surface area (Å²) in [6, 6.07) is 4.44. The van der Waals surface area contributed by atoms with Crippen LogP contribution in [-0.2, 0) is 4.79 Å². The number of nitrogens with one attached hydrogen (secondary N) is 3. The highest BCUT2D eigenvalue weighted by Crippen LogP contribution is 2.30. The monoisotopic (exact) mass is 379 g/mol. The van der Waals surface area contributed by atoms with Gasteiger partial charge in [-0.25, -0.2) is 4.98 Å². The van der Waals surface area contributed by atoms with Gasteiger partial charge in [0.1, 0.15) is 5.65 Å². The Bertz CT molecular complexity index is 771. The second-order valence-electron chi connectivity index (χ2n) is 6.11. The van der Waals surface area contributed by atoms with E-state index in [0.717, 1.165) is 46.9 Å². The van der Waals surface area contributed by atoms with Crippen LogP contribution in [-0.4, -0.2) is 47.3 Å². The zero-order valence-corrected chi connectivity index (χ0v) is 15.5. The molecule has 2 aromatic rings. The Hall–Kier alpha value is -1.70. The molecule has 0 bridgehead atoms. The van der Waals surface area contributed by atoms with Crippen LogP contribution in [0.5, 0.6) is 0 Å². The van der Waals surface area contributed by atoms with Crippen LogP contribution in [0.3, 0.4) is 0 Å². The lowest BCUT2D eigenvalue weighted by Crippen LogP contribution is -2.38. The van der Waals surface area contributed by atoms with Crippen LogP contribution in [0.4, 0.5) is 5.69 Å². The van der Waals surface area contributed by atoms with E-state index in [9.17, 15) is 4.79 Å². The Morgan fingerprint density at radius 1 is 1.44 bits per heavy atom. The van der Waals surface area contributed by atoms with E-state index in [2.05, 4.69) is 25.5 Å². The Kier molecular flexibility index (Phi) is 5.88. The van der Waals surface area contributed by atoms with E-state index in [-0.39, 0.29) is 18.3 Å². The van der Waals surface area contributed by atoms with Crippen molar-refractivity contribution < 1.29 is 4.79 Å². The van der Waals surface area contributed by atoms with Gasteiger partial charge in [-0.1, -0.05) is 0 Å². The number of nitrogens with zero attached hydrogens (tertiary/aromatic N) is 2. The van der Waals surface area contributed by atoms with Crippen molar-refractivity contribution in [3.8, 4) is 0 Å². The van der Waals surface area contributed by atoms with E-state index in [0.29, 0.717) is 12.6 Å². The molecule has 2 aromatic heterocycles. The molecule has 0 spiro atoms. The topological polar surface area (TPSA) is 73.1 Å². The number of halogens is 1. The number of hydrogen-bond donors (Lipinski definition) is 3. The molecule has 1 amide bonds. The molecule has 0 unspecified atom stereocenters. The van der Waals surface area contributed by atoms with E-state index in [1.165, 1.54) is 6.42 Å². The molecule has 6 nitrogen and oxygen atoms in total. The number of H-pyrrole nitrogens is 1. The summed E-state index contributed by atoms with van der Waals surface area (Å²) < 4.78 is 0. The summed E-state index contributed by atoms with van der Waals surface area (Å²) in [7, 11) is 0. The molecule has 1 fully saturated rings. The number of carbonyl (C=O) groups excluding carboxylic acids is 1. The van der Waals surface area contributed by atoms with Crippen molar-refractivity contribution in [3.63, 3.8) is 0 Å². The van der Waals surface area contributed by atoms with Crippen molar-refractivity contribution in [2.24, 2.45) is 0 Å². The molecule has 0 aromatic carbocycles. The number of amides is 1. The number of fused-ring (bicyclic) bond motifs is 1. The molecule has 4 heterocycles. The predicted octanol–water partition coefficient (Wildman–Crippen LogP) is 2.25. The molecular weight excluding hydrogens is 358 g/mol. The van der Waals surface area contributed by atoms with Gasteiger partial charge >= 0.3 is 0 Å². The van der Waals surface area contributed by atoms with Crippen LogP contribution < -0.4 is 15.5 Å². The van der Waals surface area contributed by atoms with Crippen molar-refractivity contribution in [2.45, 2.75) is 18.9 Å². The molecule has 25 heavy (non-hydrogen) atoms. The van der Waals surface area contributed by atoms with Crippen molar-refractivity contribution >= 4 is 46.8 Å². The Morgan fingerprint density at radius 3 is 3.20 bits per heavy atom. The molecule has 1 atom stereocenters. The van der Waals surface area contributed by atoms with Crippen molar-refractivity contribution in [1.29, 1.82) is 0 Å². The second-order valence-corrected chi connectivity index (χ2v) is 7.25. The molecular formula is C17H22ClN5OS. The van der Waals surface area contributed by atoms with Gasteiger partial charge in [-0.3, -0.25) is 4.79 Å². The van der Waals surface area contributed by atoms with Crippen LogP contribution in [0.15, 0.2) is 35.6 Å². The second kappa shape index (κ2) is 8.12. The van der Waals surface area contributed by atoms with Gasteiger partial charge in [0.05, 0.1) is 10.6 Å². The average molecular weight is 380 g/mol. The lowest BCUT2D eigenvalue weighted by Gasteiger charge is -2.26. The summed E-state index contributed by atoms with van der Waals surface area (Å²) in [5.41, 5.74) is 1.96. The van der Waals surface area contributed by atoms with Gasteiger partial charge in [0.15, 0.2) is 0 Å². The smallest absolute Gasteiger partial charge is 0.259 e. The molecule has 3 N–H and O–H groups in total. The van der Waals surface area contributed by atoms with Crippen molar-refractivity contribution in [1.82, 2.24) is 20.6 Å². The number of hydrogen-bond acceptors (Lipinski definition) is 5. The molecule has 0 radical (unpaired) electrons. The lowest BCUT2D eigenvalue weighted by atomic mass is 10.2. The molecule has 2 aliphatic rings. The SMILES string of the molecule is Cl.O=C(NC[C@@H]1CCCN1)C1=CN(c2ccnc3[nH]ccc23)CCS1. The number of carbonyl (C=O) groups is 1. The highest BCUT2D eigenvalue weighted by molar-refractivity contribution is 8.04. The molecule has 134 valence electrons. The van der Waals surface area contributed by atoms with E-state index in [1.807, 2.05) is 24.5 Å². The first-order valence-corrected chi connectivity index (χ1v) is 9.35. The van der Waals surface area contributed by atoms with E-state index < -0.39 is 0 Å². The normalized spacial score (nSPS) is 20.2. The van der Waals surface area contributed by atoms with E-state index in [1.54, 1.807) is 18.0 Å². The summed E-state index contributed by atoms with van der Waals surface area (Å²) in [6.07, 6.45) is 8.00. The first-order valence-electron chi connectivity index (χ1n) is 8.36. The minimum Gasteiger partial charge on any atom is -0.350 e. The highest BCUT2D eigenvalue weighted by atomic mass is 35.5. The Labute approximate surface area is 157 Å². The maximum atomic E-state index is 12.5. The average Bonchev–Trinajstić information content (AvgIpc) is 3.30. The summed E-state index contributed by atoms with van der Waals surface area (Å²) in [4.78, 5) is 22.9. The number of aromatic amines is 1. The third-order valence-corrected chi connectivity index (χ3v) is 5.49. The quantitative estimate of drug-likeness (QED) is 0.759. The fourth-order valence-electron chi connectivity index (χ4n) is 3.24. The van der Waals surface area contributed by atoms with Crippen LogP contribution in [0.1, 0.15) is 12.8 Å². The van der Waals surface area contributed by atoms with Gasteiger partial charge in [0.2, 0.25) is 0 Å². The fraction of sp³-hybridized carbons (Fsp3) is 0.412. The summed E-state index contributed by atoms with van der Waals surface area (Å²) in [5.74, 6) is 0.924. The standard InChI is InChI=1S/C17H21N5OS.ClH/c23-17(21-10-12-2-1-5-18-12)15-11-22(8-9-24-15)14-4-7-20-16-13(14)3-6-19-16;/h3-4,6-7,11-12,18H,1-2,5,8-10H2,(H,19,20)(H,21,23);1H/t12-;/m0./s1. The van der Waals surface area contributed by atoms with Crippen LogP contribution in [0, 0.1) is 0 Å². The molecule has 0 aliphatic carbocycles. The maximum Gasteiger partial charge on any atom is 0.259 e. The van der Waals surface area contributed by atoms with Gasteiger partial charge in [0.25, 0.3) is 5.91 Å². The zero-order valence-electron chi connectivity index (χ0n) is 13.8. The van der Waals surface area contributed by atoms with E-state index >= 15 is 0 Å². The number of anilines is 1. The molecule has 1 saturated heterocycles. The van der Waals surface area contributed by atoms with Gasteiger partial charge in [-0.05, 0) is 31.5 Å². The number of thioether (sulfide) groups is 1. The first-order chi connectivity index (χ1) is 11.8. The summed E-state index contributed by atoms with van der Waals surface area (Å²) >= 11 is 1.62. The highest BCUT2D eigenvalue weighted by Gasteiger charge is 2.21. The minimum absolute atomic E-state index is 0. The van der Waals surface area contributed by atoms with Gasteiger partial charge in [-0.2, -0.15) is 0 Å². The Morgan fingerprint density at radius 2 is 2.36 bits per heavy atom. The van der Waals surface area contributed by atoms with E-state index in [4.69, 9.17) is 0 Å². The zero-order chi connectivity index (χ0) is 16.4.